The van der Waals surface area contributed by atoms with Gasteiger partial charge >= 0.3 is 0 Å². The van der Waals surface area contributed by atoms with Crippen molar-refractivity contribution in [2.45, 2.75) is 33.1 Å². The Balaban J connectivity index is 2.17. The Kier molecular flexibility index (Phi) is 8.24. The number of amides is 1. The van der Waals surface area contributed by atoms with Crippen LogP contribution in [0.4, 0.5) is 0 Å². The lowest BCUT2D eigenvalue weighted by Gasteiger charge is -2.30. The lowest BCUT2D eigenvalue weighted by atomic mass is 9.96. The number of nitrogens with zero attached hydrogens (tertiary/aromatic N) is 3. The predicted octanol–water partition coefficient (Wildman–Crippen LogP) is 1.07. The highest BCUT2D eigenvalue weighted by Crippen LogP contribution is 2.17. The summed E-state index contributed by atoms with van der Waals surface area (Å²) in [5.74, 6) is 0.363. The van der Waals surface area contributed by atoms with Crippen LogP contribution in [0.25, 0.3) is 0 Å². The Labute approximate surface area is 122 Å². The molecular weight excluding hydrogens is 252 g/mol. The molecule has 0 aromatic rings. The van der Waals surface area contributed by atoms with Crippen LogP contribution in [-0.2, 0) is 4.79 Å². The Morgan fingerprint density at radius 2 is 2.00 bits per heavy atom. The number of piperidine rings is 1. The number of hydrogen-bond acceptors (Lipinski definition) is 4. The molecule has 0 aliphatic carbocycles. The lowest BCUT2D eigenvalue weighted by Crippen LogP contribution is -2.42. The number of nitrogens with one attached hydrogen (secondary N) is 1. The van der Waals surface area contributed by atoms with E-state index in [1.54, 1.807) is 0 Å². The molecule has 0 unspecified atom stereocenters. The third kappa shape index (κ3) is 5.89. The number of rotatable bonds is 8. The standard InChI is InChI=1S/C15H28N4O/c1-3-18(4-2)13-9-17-15(20)14-6-11-19(12-7-14)10-5-8-16/h14H,3-7,9-13H2,1-2H3,(H,17,20). The molecule has 0 aromatic heterocycles. The van der Waals surface area contributed by atoms with Gasteiger partial charge in [-0.05, 0) is 39.0 Å². The van der Waals surface area contributed by atoms with E-state index in [2.05, 4.69) is 35.0 Å². The van der Waals surface area contributed by atoms with Gasteiger partial charge in [0.25, 0.3) is 0 Å². The van der Waals surface area contributed by atoms with Crippen LogP contribution in [0.15, 0.2) is 0 Å². The average Bonchev–Trinajstić information content (AvgIpc) is 2.50. The van der Waals surface area contributed by atoms with Crippen molar-refractivity contribution in [2.75, 3.05) is 45.8 Å². The molecule has 1 aliphatic rings. The minimum Gasteiger partial charge on any atom is -0.355 e. The van der Waals surface area contributed by atoms with E-state index >= 15 is 0 Å². The van der Waals surface area contributed by atoms with Gasteiger partial charge in [-0.1, -0.05) is 13.8 Å². The predicted molar refractivity (Wildman–Crippen MR) is 80.2 cm³/mol. The van der Waals surface area contributed by atoms with Crippen molar-refractivity contribution >= 4 is 5.91 Å². The zero-order chi connectivity index (χ0) is 14.8. The third-order valence-corrected chi connectivity index (χ3v) is 4.12. The SMILES string of the molecule is CCN(CC)CCNC(=O)C1CCN(CCC#N)CC1. The van der Waals surface area contributed by atoms with E-state index in [4.69, 9.17) is 5.26 Å². The molecule has 5 heteroatoms. The number of likely N-dealkylation sites (N-methyl/N-ethyl adjacent to an activating group) is 1. The van der Waals surface area contributed by atoms with Gasteiger partial charge in [-0.2, -0.15) is 5.26 Å². The molecule has 114 valence electrons. The average molecular weight is 280 g/mol. The van der Waals surface area contributed by atoms with Crippen molar-refractivity contribution < 1.29 is 4.79 Å². The smallest absolute Gasteiger partial charge is 0.223 e. The topological polar surface area (TPSA) is 59.4 Å². The van der Waals surface area contributed by atoms with Gasteiger partial charge in [0.15, 0.2) is 0 Å². The number of carbonyl (C=O) groups is 1. The number of carbonyl (C=O) groups excluding carboxylic acids is 1. The number of hydrogen-bond donors (Lipinski definition) is 1. The summed E-state index contributed by atoms with van der Waals surface area (Å²) < 4.78 is 0. The maximum atomic E-state index is 12.1. The maximum Gasteiger partial charge on any atom is 0.223 e. The fourth-order valence-electron chi connectivity index (χ4n) is 2.65. The first kappa shape index (κ1) is 16.9. The fraction of sp³-hybridized carbons (Fsp3) is 0.867. The molecular formula is C15H28N4O. The Hall–Kier alpha value is -1.12. The zero-order valence-electron chi connectivity index (χ0n) is 12.9. The molecule has 0 aromatic carbocycles. The molecule has 1 saturated heterocycles. The van der Waals surface area contributed by atoms with Gasteiger partial charge in [0.2, 0.25) is 5.91 Å². The summed E-state index contributed by atoms with van der Waals surface area (Å²) in [5, 5.41) is 11.6. The van der Waals surface area contributed by atoms with Gasteiger partial charge in [0.05, 0.1) is 6.07 Å². The number of nitriles is 1. The number of likely N-dealkylation sites (tertiary alicyclic amines) is 1. The van der Waals surface area contributed by atoms with Crippen molar-refractivity contribution in [3.8, 4) is 6.07 Å². The fourth-order valence-corrected chi connectivity index (χ4v) is 2.65. The summed E-state index contributed by atoms with van der Waals surface area (Å²) in [6.45, 7) is 10.7. The van der Waals surface area contributed by atoms with Crippen molar-refractivity contribution in [3.05, 3.63) is 0 Å². The van der Waals surface area contributed by atoms with Crippen molar-refractivity contribution in [1.29, 1.82) is 5.26 Å². The maximum absolute atomic E-state index is 12.1. The molecule has 0 saturated carbocycles. The van der Waals surface area contributed by atoms with Gasteiger partial charge in [0.1, 0.15) is 0 Å². The molecule has 1 aliphatic heterocycles. The molecule has 20 heavy (non-hydrogen) atoms. The minimum atomic E-state index is 0.157. The van der Waals surface area contributed by atoms with Crippen molar-refractivity contribution in [1.82, 2.24) is 15.1 Å². The van der Waals surface area contributed by atoms with Gasteiger partial charge in [0, 0.05) is 32.0 Å². The summed E-state index contributed by atoms with van der Waals surface area (Å²) in [5.41, 5.74) is 0. The monoisotopic (exact) mass is 280 g/mol. The first-order chi connectivity index (χ1) is 9.71. The Bertz CT molecular complexity index is 314. The van der Waals surface area contributed by atoms with E-state index in [1.807, 2.05) is 0 Å². The molecule has 5 nitrogen and oxygen atoms in total. The second-order valence-electron chi connectivity index (χ2n) is 5.34. The summed E-state index contributed by atoms with van der Waals surface area (Å²) in [4.78, 5) is 16.7. The molecule has 1 N–H and O–H groups in total. The summed E-state index contributed by atoms with van der Waals surface area (Å²) in [7, 11) is 0. The molecule has 1 rings (SSSR count). The van der Waals surface area contributed by atoms with Crippen LogP contribution >= 0.6 is 0 Å². The molecule has 1 amide bonds. The Morgan fingerprint density at radius 1 is 1.35 bits per heavy atom. The van der Waals surface area contributed by atoms with Crippen LogP contribution < -0.4 is 5.32 Å². The van der Waals surface area contributed by atoms with Crippen LogP contribution in [0.2, 0.25) is 0 Å². The molecule has 0 bridgehead atoms. The first-order valence-electron chi connectivity index (χ1n) is 7.80. The molecule has 1 heterocycles. The van der Waals surface area contributed by atoms with Crippen molar-refractivity contribution in [2.24, 2.45) is 5.92 Å². The van der Waals surface area contributed by atoms with E-state index in [1.165, 1.54) is 0 Å². The van der Waals surface area contributed by atoms with Crippen molar-refractivity contribution in [3.63, 3.8) is 0 Å². The Morgan fingerprint density at radius 3 is 2.55 bits per heavy atom. The molecule has 0 atom stereocenters. The van der Waals surface area contributed by atoms with Gasteiger partial charge in [-0.15, -0.1) is 0 Å². The van der Waals surface area contributed by atoms with E-state index in [-0.39, 0.29) is 11.8 Å². The summed E-state index contributed by atoms with van der Waals surface area (Å²) >= 11 is 0. The highest BCUT2D eigenvalue weighted by molar-refractivity contribution is 5.78. The normalized spacial score (nSPS) is 17.1. The van der Waals surface area contributed by atoms with E-state index < -0.39 is 0 Å². The third-order valence-electron chi connectivity index (χ3n) is 4.12. The van der Waals surface area contributed by atoms with Crippen LogP contribution in [0.5, 0.6) is 0 Å². The van der Waals surface area contributed by atoms with Crippen LogP contribution in [0, 0.1) is 17.2 Å². The molecule has 1 fully saturated rings. The van der Waals surface area contributed by atoms with Gasteiger partial charge in [-0.3, -0.25) is 4.79 Å². The molecule has 0 spiro atoms. The van der Waals surface area contributed by atoms with E-state index in [0.717, 1.165) is 58.7 Å². The minimum absolute atomic E-state index is 0.157. The van der Waals surface area contributed by atoms with Gasteiger partial charge < -0.3 is 15.1 Å². The summed E-state index contributed by atoms with van der Waals surface area (Å²) in [6.07, 6.45) is 2.42. The van der Waals surface area contributed by atoms with Crippen LogP contribution in [0.1, 0.15) is 33.1 Å². The summed E-state index contributed by atoms with van der Waals surface area (Å²) in [6, 6.07) is 2.17. The van der Waals surface area contributed by atoms with E-state index in [9.17, 15) is 4.79 Å². The molecule has 0 radical (unpaired) electrons. The zero-order valence-corrected chi connectivity index (χ0v) is 12.9. The first-order valence-corrected chi connectivity index (χ1v) is 7.80. The quantitative estimate of drug-likeness (QED) is 0.722. The second-order valence-corrected chi connectivity index (χ2v) is 5.34. The highest BCUT2D eigenvalue weighted by Gasteiger charge is 2.24. The second kappa shape index (κ2) is 9.73. The lowest BCUT2D eigenvalue weighted by molar-refractivity contribution is -0.126. The van der Waals surface area contributed by atoms with E-state index in [0.29, 0.717) is 6.42 Å². The van der Waals surface area contributed by atoms with Crippen LogP contribution in [0.3, 0.4) is 0 Å². The highest BCUT2D eigenvalue weighted by atomic mass is 16.1. The van der Waals surface area contributed by atoms with Gasteiger partial charge in [-0.25, -0.2) is 0 Å². The largest absolute Gasteiger partial charge is 0.355 e. The van der Waals surface area contributed by atoms with Crippen LogP contribution in [-0.4, -0.2) is 61.5 Å².